The van der Waals surface area contributed by atoms with Crippen LogP contribution >= 0.6 is 11.8 Å². The van der Waals surface area contributed by atoms with E-state index in [1.807, 2.05) is 122 Å². The average molecular weight is 475 g/mol. The summed E-state index contributed by atoms with van der Waals surface area (Å²) in [5.41, 5.74) is 3.00. The van der Waals surface area contributed by atoms with Gasteiger partial charge in [0.15, 0.2) is 9.84 Å². The van der Waals surface area contributed by atoms with Gasteiger partial charge in [0.2, 0.25) is 0 Å². The Morgan fingerprint density at radius 1 is 0.727 bits per heavy atom. The smallest absolute Gasteiger partial charge is 0.188 e. The largest absolute Gasteiger partial charge is 0.223 e. The number of allylic oxidation sites excluding steroid dienone is 4. The van der Waals surface area contributed by atoms with E-state index in [0.29, 0.717) is 17.7 Å². The van der Waals surface area contributed by atoms with E-state index in [1.54, 1.807) is 23.9 Å². The zero-order chi connectivity index (χ0) is 23.6. The van der Waals surface area contributed by atoms with Gasteiger partial charge in [-0.2, -0.15) is 0 Å². The molecule has 170 valence electrons. The van der Waals surface area contributed by atoms with Gasteiger partial charge in [-0.1, -0.05) is 109 Å². The molecule has 2 nitrogen and oxygen atoms in total. The summed E-state index contributed by atoms with van der Waals surface area (Å²) in [6, 6.07) is 26.9. The molecule has 33 heavy (non-hydrogen) atoms. The second-order valence-electron chi connectivity index (χ2n) is 8.01. The molecule has 0 aliphatic rings. The zero-order valence-corrected chi connectivity index (χ0v) is 20.7. The van der Waals surface area contributed by atoms with Gasteiger partial charge in [0, 0.05) is 0 Å². The number of rotatable bonds is 10. The van der Waals surface area contributed by atoms with Gasteiger partial charge < -0.3 is 0 Å². The highest BCUT2D eigenvalue weighted by Crippen LogP contribution is 2.35. The van der Waals surface area contributed by atoms with E-state index in [0.717, 1.165) is 16.7 Å². The van der Waals surface area contributed by atoms with Crippen LogP contribution in [0.15, 0.2) is 126 Å². The van der Waals surface area contributed by atoms with Crippen LogP contribution in [0.1, 0.15) is 16.7 Å². The Morgan fingerprint density at radius 2 is 1.24 bits per heavy atom. The second-order valence-corrected chi connectivity index (χ2v) is 11.0. The van der Waals surface area contributed by atoms with Crippen molar-refractivity contribution >= 4 is 21.6 Å². The molecule has 0 bridgehead atoms. The molecule has 0 N–H and O–H groups in total. The first-order valence-electron chi connectivity index (χ1n) is 10.9. The molecular formula is C29H30O2S2. The lowest BCUT2D eigenvalue weighted by Gasteiger charge is -2.31. The summed E-state index contributed by atoms with van der Waals surface area (Å²) < 4.78 is 27.4. The lowest BCUT2D eigenvalue weighted by Crippen LogP contribution is -2.41. The number of hydrogen-bond acceptors (Lipinski definition) is 3. The van der Waals surface area contributed by atoms with Crippen LogP contribution in [0.3, 0.4) is 0 Å². The molecule has 0 aliphatic heterocycles. The Balaban J connectivity index is 2.16. The zero-order valence-electron chi connectivity index (χ0n) is 19.1. The van der Waals surface area contributed by atoms with Crippen molar-refractivity contribution in [3.8, 4) is 0 Å². The molecule has 0 spiro atoms. The molecule has 0 radical (unpaired) electrons. The van der Waals surface area contributed by atoms with Crippen LogP contribution in [0.25, 0.3) is 0 Å². The molecule has 0 aliphatic carbocycles. The van der Waals surface area contributed by atoms with Crippen LogP contribution in [-0.2, 0) is 22.7 Å². The number of aryl methyl sites for hydroxylation is 1. The van der Waals surface area contributed by atoms with Crippen LogP contribution in [0, 0.1) is 6.92 Å². The molecule has 0 aromatic heterocycles. The monoisotopic (exact) mass is 474 g/mol. The van der Waals surface area contributed by atoms with Crippen molar-refractivity contribution in [3.63, 3.8) is 0 Å². The highest BCUT2D eigenvalue weighted by molar-refractivity contribution is 8.01. The molecule has 3 aromatic rings. The van der Waals surface area contributed by atoms with E-state index in [1.165, 1.54) is 0 Å². The van der Waals surface area contributed by atoms with E-state index >= 15 is 0 Å². The summed E-state index contributed by atoms with van der Waals surface area (Å²) in [4.78, 5) is 0.343. The normalized spacial score (nSPS) is 12.8. The Hall–Kier alpha value is -2.82. The van der Waals surface area contributed by atoms with Gasteiger partial charge in [0.1, 0.15) is 4.75 Å². The van der Waals surface area contributed by atoms with Gasteiger partial charge in [0.25, 0.3) is 0 Å². The van der Waals surface area contributed by atoms with Gasteiger partial charge >= 0.3 is 0 Å². The first kappa shape index (κ1) is 24.8. The van der Waals surface area contributed by atoms with E-state index < -0.39 is 14.6 Å². The van der Waals surface area contributed by atoms with Crippen LogP contribution in [0.4, 0.5) is 0 Å². The summed E-state index contributed by atoms with van der Waals surface area (Å²) in [6.07, 6.45) is 12.2. The third-order valence-corrected chi connectivity index (χ3v) is 8.32. The Bertz CT molecular complexity index is 1150. The number of benzene rings is 3. The van der Waals surface area contributed by atoms with Crippen molar-refractivity contribution in [2.75, 3.05) is 6.26 Å². The molecule has 0 amide bonds. The van der Waals surface area contributed by atoms with Crippen LogP contribution in [0.5, 0.6) is 0 Å². The summed E-state index contributed by atoms with van der Waals surface area (Å²) in [7, 11) is -3.72. The van der Waals surface area contributed by atoms with Crippen molar-refractivity contribution < 1.29 is 8.42 Å². The third kappa shape index (κ3) is 6.59. The van der Waals surface area contributed by atoms with E-state index in [2.05, 4.69) is 0 Å². The maximum atomic E-state index is 14.2. The first-order chi connectivity index (χ1) is 16.0. The predicted molar refractivity (Wildman–Crippen MR) is 142 cm³/mol. The van der Waals surface area contributed by atoms with Gasteiger partial charge in [-0.05, 0) is 54.7 Å². The molecule has 0 unspecified atom stereocenters. The standard InChI is InChI=1S/C29H30O2S2/c1-25-17-19-28(20-18-25)33(30,31)29(21-11-3-4-12-22-32-2,23-26-13-7-5-8-14-26)24-27-15-9-6-10-16-27/h3-22H,23-24H2,1-2H3. The lowest BCUT2D eigenvalue weighted by molar-refractivity contribution is 0.545. The molecule has 0 fully saturated rings. The summed E-state index contributed by atoms with van der Waals surface area (Å²) in [5.74, 6) is 0. The Morgan fingerprint density at radius 3 is 1.76 bits per heavy atom. The van der Waals surface area contributed by atoms with Gasteiger partial charge in [-0.25, -0.2) is 8.42 Å². The molecular weight excluding hydrogens is 444 g/mol. The SMILES string of the molecule is CSC=CC=CC=CC(Cc1ccccc1)(Cc1ccccc1)S(=O)(=O)c1ccc(C)cc1. The predicted octanol–water partition coefficient (Wildman–Crippen LogP) is 6.98. The fourth-order valence-corrected chi connectivity index (χ4v) is 5.96. The van der Waals surface area contributed by atoms with Crippen molar-refractivity contribution in [2.24, 2.45) is 0 Å². The highest BCUT2D eigenvalue weighted by atomic mass is 32.2. The van der Waals surface area contributed by atoms with E-state index in [9.17, 15) is 8.42 Å². The molecule has 0 heterocycles. The van der Waals surface area contributed by atoms with Crippen LogP contribution in [-0.4, -0.2) is 19.4 Å². The van der Waals surface area contributed by atoms with Crippen LogP contribution < -0.4 is 0 Å². The molecule has 0 atom stereocenters. The summed E-state index contributed by atoms with van der Waals surface area (Å²) in [5, 5.41) is 1.98. The minimum Gasteiger partial charge on any atom is -0.223 e. The van der Waals surface area contributed by atoms with E-state index in [4.69, 9.17) is 0 Å². The second kappa shape index (κ2) is 11.9. The summed E-state index contributed by atoms with van der Waals surface area (Å²) in [6.45, 7) is 1.96. The minimum atomic E-state index is -3.72. The minimum absolute atomic E-state index is 0.343. The number of hydrogen-bond donors (Lipinski definition) is 0. The Kier molecular flexibility index (Phi) is 8.93. The topological polar surface area (TPSA) is 34.1 Å². The maximum Gasteiger partial charge on any atom is 0.188 e. The summed E-state index contributed by atoms with van der Waals surface area (Å²) >= 11 is 1.62. The quantitative estimate of drug-likeness (QED) is 0.297. The molecule has 3 rings (SSSR count). The fourth-order valence-electron chi connectivity index (χ4n) is 3.78. The van der Waals surface area contributed by atoms with Crippen molar-refractivity contribution in [1.29, 1.82) is 0 Å². The Labute approximate surface area is 202 Å². The number of sulfone groups is 1. The van der Waals surface area contributed by atoms with Crippen molar-refractivity contribution in [2.45, 2.75) is 29.4 Å². The molecule has 3 aromatic carbocycles. The highest BCUT2D eigenvalue weighted by Gasteiger charge is 2.42. The van der Waals surface area contributed by atoms with Gasteiger partial charge in [0.05, 0.1) is 4.90 Å². The number of thioether (sulfide) groups is 1. The maximum absolute atomic E-state index is 14.2. The molecule has 0 saturated heterocycles. The third-order valence-electron chi connectivity index (χ3n) is 5.51. The average Bonchev–Trinajstić information content (AvgIpc) is 2.82. The lowest BCUT2D eigenvalue weighted by atomic mass is 9.91. The molecule has 4 heteroatoms. The van der Waals surface area contributed by atoms with Crippen molar-refractivity contribution in [3.05, 3.63) is 137 Å². The van der Waals surface area contributed by atoms with Gasteiger partial charge in [-0.15, -0.1) is 11.8 Å². The molecule has 0 saturated carbocycles. The first-order valence-corrected chi connectivity index (χ1v) is 13.7. The van der Waals surface area contributed by atoms with Crippen molar-refractivity contribution in [1.82, 2.24) is 0 Å². The van der Waals surface area contributed by atoms with Gasteiger partial charge in [-0.3, -0.25) is 0 Å². The fraction of sp³-hybridized carbons (Fsp3) is 0.172. The van der Waals surface area contributed by atoms with Crippen LogP contribution in [0.2, 0.25) is 0 Å². The van der Waals surface area contributed by atoms with E-state index in [-0.39, 0.29) is 0 Å².